The highest BCUT2D eigenvalue weighted by Crippen LogP contribution is 2.27. The number of anilines is 1. The van der Waals surface area contributed by atoms with Crippen LogP contribution in [0, 0.1) is 5.92 Å². The fourth-order valence-corrected chi connectivity index (χ4v) is 2.76. The molecule has 5 nitrogen and oxygen atoms in total. The number of nitrogens with one attached hydrogen (secondary N) is 1. The minimum atomic E-state index is -0.268. The van der Waals surface area contributed by atoms with Gasteiger partial charge in [-0.2, -0.15) is 0 Å². The number of hydrogen-bond donors (Lipinski definition) is 2. The fourth-order valence-electron chi connectivity index (χ4n) is 2.35. The molecule has 2 amide bonds. The second-order valence-corrected chi connectivity index (χ2v) is 5.92. The summed E-state index contributed by atoms with van der Waals surface area (Å²) < 4.78 is 0. The Hall–Kier alpha value is -1.53. The molecule has 1 atom stereocenters. The largest absolute Gasteiger partial charge is 0.356 e. The van der Waals surface area contributed by atoms with E-state index >= 15 is 0 Å². The van der Waals surface area contributed by atoms with Gasteiger partial charge in [-0.15, -0.1) is 11.8 Å². The molecule has 6 heteroatoms. The highest BCUT2D eigenvalue weighted by Gasteiger charge is 2.34. The van der Waals surface area contributed by atoms with E-state index in [0.717, 1.165) is 17.0 Å². The number of nitrogens with zero attached hydrogens (tertiary/aromatic N) is 1. The van der Waals surface area contributed by atoms with Crippen LogP contribution in [-0.2, 0) is 9.59 Å². The number of nitrogens with two attached hydrogens (primary N) is 1. The average Bonchev–Trinajstić information content (AvgIpc) is 2.89. The lowest BCUT2D eigenvalue weighted by atomic mass is 10.1. The number of rotatable bonds is 6. The number of thioether (sulfide) groups is 1. The van der Waals surface area contributed by atoms with E-state index in [2.05, 4.69) is 5.32 Å². The summed E-state index contributed by atoms with van der Waals surface area (Å²) in [5.74, 6) is -0.318. The third kappa shape index (κ3) is 3.98. The summed E-state index contributed by atoms with van der Waals surface area (Å²) in [7, 11) is 0. The molecule has 0 radical (unpaired) electrons. The standard InChI is InChI=1S/C15H21N3O2S/c1-21-13-5-3-12(4-6-13)18-10-11(9-14(18)19)15(20)17-8-2-7-16/h3-6,11H,2,7-10,16H2,1H3,(H,17,20). The van der Waals surface area contributed by atoms with Gasteiger partial charge in [-0.3, -0.25) is 9.59 Å². The summed E-state index contributed by atoms with van der Waals surface area (Å²) >= 11 is 1.66. The van der Waals surface area contributed by atoms with Crippen LogP contribution in [0.1, 0.15) is 12.8 Å². The monoisotopic (exact) mass is 307 g/mol. The lowest BCUT2D eigenvalue weighted by Crippen LogP contribution is -2.34. The van der Waals surface area contributed by atoms with Gasteiger partial charge in [0.1, 0.15) is 0 Å². The molecule has 1 aromatic rings. The fraction of sp³-hybridized carbons (Fsp3) is 0.467. The lowest BCUT2D eigenvalue weighted by molar-refractivity contribution is -0.126. The maximum atomic E-state index is 12.1. The molecular weight excluding hydrogens is 286 g/mol. The zero-order chi connectivity index (χ0) is 15.2. The molecule has 0 aliphatic carbocycles. The molecule has 21 heavy (non-hydrogen) atoms. The van der Waals surface area contributed by atoms with Gasteiger partial charge in [-0.1, -0.05) is 0 Å². The summed E-state index contributed by atoms with van der Waals surface area (Å²) in [6, 6.07) is 7.83. The van der Waals surface area contributed by atoms with Crippen molar-refractivity contribution in [2.45, 2.75) is 17.7 Å². The quantitative estimate of drug-likeness (QED) is 0.612. The van der Waals surface area contributed by atoms with Crippen molar-refractivity contribution in [1.82, 2.24) is 5.32 Å². The molecule has 1 aliphatic rings. The lowest BCUT2D eigenvalue weighted by Gasteiger charge is -2.17. The molecule has 0 aromatic heterocycles. The summed E-state index contributed by atoms with van der Waals surface area (Å²) in [6.07, 6.45) is 3.04. The van der Waals surface area contributed by atoms with Gasteiger partial charge in [-0.25, -0.2) is 0 Å². The first-order valence-corrected chi connectivity index (χ1v) is 8.30. The first-order chi connectivity index (χ1) is 10.2. The van der Waals surface area contributed by atoms with Crippen LogP contribution in [0.5, 0.6) is 0 Å². The summed E-state index contributed by atoms with van der Waals surface area (Å²) in [4.78, 5) is 26.9. The predicted octanol–water partition coefficient (Wildman–Crippen LogP) is 1.23. The van der Waals surface area contributed by atoms with Gasteiger partial charge in [0.15, 0.2) is 0 Å². The van der Waals surface area contributed by atoms with Crippen molar-refractivity contribution in [3.8, 4) is 0 Å². The van der Waals surface area contributed by atoms with Gasteiger partial charge in [-0.05, 0) is 43.5 Å². The minimum Gasteiger partial charge on any atom is -0.356 e. The molecule has 0 saturated carbocycles. The summed E-state index contributed by atoms with van der Waals surface area (Å²) in [5, 5.41) is 2.84. The number of carbonyl (C=O) groups excluding carboxylic acids is 2. The second-order valence-electron chi connectivity index (χ2n) is 5.04. The molecule has 3 N–H and O–H groups in total. The average molecular weight is 307 g/mol. The SMILES string of the molecule is CSc1ccc(N2CC(C(=O)NCCCN)CC2=O)cc1. The van der Waals surface area contributed by atoms with Crippen molar-refractivity contribution < 1.29 is 9.59 Å². The third-order valence-corrected chi connectivity index (χ3v) is 4.30. The van der Waals surface area contributed by atoms with Crippen molar-refractivity contribution >= 4 is 29.3 Å². The maximum absolute atomic E-state index is 12.1. The molecule has 1 fully saturated rings. The van der Waals surface area contributed by atoms with Crippen LogP contribution in [0.15, 0.2) is 29.2 Å². The predicted molar refractivity (Wildman–Crippen MR) is 85.4 cm³/mol. The Labute approximate surface area is 129 Å². The molecule has 1 aromatic carbocycles. The van der Waals surface area contributed by atoms with E-state index in [1.54, 1.807) is 16.7 Å². The van der Waals surface area contributed by atoms with Gasteiger partial charge in [0.05, 0.1) is 5.92 Å². The smallest absolute Gasteiger partial charge is 0.227 e. The Morgan fingerprint density at radius 1 is 1.43 bits per heavy atom. The Morgan fingerprint density at radius 3 is 2.76 bits per heavy atom. The van der Waals surface area contributed by atoms with E-state index < -0.39 is 0 Å². The van der Waals surface area contributed by atoms with Crippen LogP contribution < -0.4 is 16.0 Å². The van der Waals surface area contributed by atoms with Crippen LogP contribution in [-0.4, -0.2) is 37.7 Å². The molecule has 2 rings (SSSR count). The van der Waals surface area contributed by atoms with E-state index in [1.807, 2.05) is 30.5 Å². The van der Waals surface area contributed by atoms with E-state index in [1.165, 1.54) is 0 Å². The van der Waals surface area contributed by atoms with Crippen molar-refractivity contribution in [3.05, 3.63) is 24.3 Å². The third-order valence-electron chi connectivity index (χ3n) is 3.56. The van der Waals surface area contributed by atoms with Crippen molar-refractivity contribution in [1.29, 1.82) is 0 Å². The normalized spacial score (nSPS) is 18.1. The Kier molecular flexibility index (Phi) is 5.64. The van der Waals surface area contributed by atoms with Crippen molar-refractivity contribution in [2.24, 2.45) is 11.7 Å². The zero-order valence-electron chi connectivity index (χ0n) is 12.2. The first kappa shape index (κ1) is 15.9. The van der Waals surface area contributed by atoms with E-state index in [-0.39, 0.29) is 24.2 Å². The van der Waals surface area contributed by atoms with Crippen LogP contribution in [0.4, 0.5) is 5.69 Å². The molecule has 0 bridgehead atoms. The number of benzene rings is 1. The number of carbonyl (C=O) groups is 2. The van der Waals surface area contributed by atoms with Gasteiger partial charge < -0.3 is 16.0 Å². The summed E-state index contributed by atoms with van der Waals surface area (Å²) in [5.41, 5.74) is 6.25. The van der Waals surface area contributed by atoms with Crippen LogP contribution in [0.3, 0.4) is 0 Å². The summed E-state index contributed by atoms with van der Waals surface area (Å²) in [6.45, 7) is 1.58. The number of amides is 2. The highest BCUT2D eigenvalue weighted by molar-refractivity contribution is 7.98. The van der Waals surface area contributed by atoms with Gasteiger partial charge in [0.25, 0.3) is 0 Å². The molecule has 1 heterocycles. The molecular formula is C15H21N3O2S. The maximum Gasteiger partial charge on any atom is 0.227 e. The molecule has 114 valence electrons. The Morgan fingerprint density at radius 2 is 2.14 bits per heavy atom. The molecule has 0 spiro atoms. The first-order valence-electron chi connectivity index (χ1n) is 7.08. The van der Waals surface area contributed by atoms with Gasteiger partial charge >= 0.3 is 0 Å². The highest BCUT2D eigenvalue weighted by atomic mass is 32.2. The topological polar surface area (TPSA) is 75.4 Å². The molecule has 1 unspecified atom stereocenters. The minimum absolute atomic E-state index is 0.00544. The van der Waals surface area contributed by atoms with E-state index in [4.69, 9.17) is 5.73 Å². The molecule has 1 aliphatic heterocycles. The second kappa shape index (κ2) is 7.47. The van der Waals surface area contributed by atoms with E-state index in [0.29, 0.717) is 19.6 Å². The van der Waals surface area contributed by atoms with Gasteiger partial charge in [0, 0.05) is 30.1 Å². The zero-order valence-corrected chi connectivity index (χ0v) is 13.0. The van der Waals surface area contributed by atoms with Crippen LogP contribution in [0.25, 0.3) is 0 Å². The Bertz CT molecular complexity index is 504. The van der Waals surface area contributed by atoms with Crippen LogP contribution >= 0.6 is 11.8 Å². The van der Waals surface area contributed by atoms with Crippen molar-refractivity contribution in [2.75, 3.05) is 30.8 Å². The number of hydrogen-bond acceptors (Lipinski definition) is 4. The van der Waals surface area contributed by atoms with Crippen molar-refractivity contribution in [3.63, 3.8) is 0 Å². The Balaban J connectivity index is 1.96. The van der Waals surface area contributed by atoms with E-state index in [9.17, 15) is 9.59 Å². The van der Waals surface area contributed by atoms with Crippen LogP contribution in [0.2, 0.25) is 0 Å². The molecule has 1 saturated heterocycles. The van der Waals surface area contributed by atoms with Gasteiger partial charge in [0.2, 0.25) is 11.8 Å².